The summed E-state index contributed by atoms with van der Waals surface area (Å²) in [5.74, 6) is -0.262. The zero-order valence-corrected chi connectivity index (χ0v) is 17.3. The van der Waals surface area contributed by atoms with Crippen molar-refractivity contribution >= 4 is 33.4 Å². The van der Waals surface area contributed by atoms with Crippen molar-refractivity contribution in [2.75, 3.05) is 25.0 Å². The first-order chi connectivity index (χ1) is 13.3. The summed E-state index contributed by atoms with van der Waals surface area (Å²) < 4.78 is 26.6. The molecule has 28 heavy (non-hydrogen) atoms. The number of sulfonamides is 1. The number of benzene rings is 2. The van der Waals surface area contributed by atoms with Crippen LogP contribution in [0, 0.1) is 11.3 Å². The number of anilines is 1. The summed E-state index contributed by atoms with van der Waals surface area (Å²) in [5, 5.41) is 9.24. The molecule has 1 aliphatic heterocycles. The van der Waals surface area contributed by atoms with Crippen molar-refractivity contribution in [1.82, 2.24) is 4.31 Å². The van der Waals surface area contributed by atoms with E-state index in [9.17, 15) is 13.2 Å². The van der Waals surface area contributed by atoms with E-state index in [1.54, 1.807) is 16.7 Å². The number of amides is 1. The molecule has 1 atom stereocenters. The number of para-hydroxylation sites is 1. The Kier molecular flexibility index (Phi) is 6.08. The third-order valence-corrected chi connectivity index (χ3v) is 7.65. The molecule has 1 amide bonds. The summed E-state index contributed by atoms with van der Waals surface area (Å²) in [6, 6.07) is 15.3. The summed E-state index contributed by atoms with van der Waals surface area (Å²) in [5.41, 5.74) is 1.21. The SMILES string of the molecule is CC1CCN(C(=O)CN(C)S(=O)(=O)c2ccc(C#N)cc2)c2ccccc2S1. The Labute approximate surface area is 169 Å². The molecular formula is C20H21N3O3S2. The Hall–Kier alpha value is -2.34. The fourth-order valence-electron chi connectivity index (χ4n) is 2.99. The molecule has 146 valence electrons. The zero-order chi connectivity index (χ0) is 20.3. The minimum atomic E-state index is -3.82. The number of rotatable bonds is 4. The maximum Gasteiger partial charge on any atom is 0.243 e. The standard InChI is InChI=1S/C20H21N3O3S2/c1-15-11-12-23(18-5-3-4-6-19(18)27-15)20(24)14-22(2)28(25,26)17-9-7-16(13-21)8-10-17/h3-10,15H,11-12,14H2,1-2H3. The van der Waals surface area contributed by atoms with Gasteiger partial charge in [-0.2, -0.15) is 9.57 Å². The van der Waals surface area contributed by atoms with E-state index in [-0.39, 0.29) is 17.3 Å². The predicted molar refractivity (Wildman–Crippen MR) is 110 cm³/mol. The Balaban J connectivity index is 1.81. The highest BCUT2D eigenvalue weighted by atomic mass is 32.2. The zero-order valence-electron chi connectivity index (χ0n) is 15.7. The molecule has 0 spiro atoms. The smallest absolute Gasteiger partial charge is 0.243 e. The molecule has 2 aromatic rings. The summed E-state index contributed by atoms with van der Waals surface area (Å²) >= 11 is 1.73. The van der Waals surface area contributed by atoms with Crippen molar-refractivity contribution in [1.29, 1.82) is 5.26 Å². The van der Waals surface area contributed by atoms with Gasteiger partial charge in [-0.05, 0) is 42.8 Å². The lowest BCUT2D eigenvalue weighted by Crippen LogP contribution is -2.41. The van der Waals surface area contributed by atoms with E-state index >= 15 is 0 Å². The first-order valence-electron chi connectivity index (χ1n) is 8.85. The second-order valence-corrected chi connectivity index (χ2v) is 10.2. The topological polar surface area (TPSA) is 81.5 Å². The van der Waals surface area contributed by atoms with E-state index in [4.69, 9.17) is 5.26 Å². The Bertz CT molecular complexity index is 1010. The normalized spacial score (nSPS) is 16.9. The number of carbonyl (C=O) groups is 1. The quantitative estimate of drug-likeness (QED) is 0.766. The van der Waals surface area contributed by atoms with Gasteiger partial charge < -0.3 is 4.90 Å². The monoisotopic (exact) mass is 415 g/mol. The van der Waals surface area contributed by atoms with E-state index in [2.05, 4.69) is 6.92 Å². The van der Waals surface area contributed by atoms with Gasteiger partial charge in [0.15, 0.2) is 0 Å². The van der Waals surface area contributed by atoms with Crippen LogP contribution in [0.3, 0.4) is 0 Å². The van der Waals surface area contributed by atoms with Crippen LogP contribution in [0.5, 0.6) is 0 Å². The average molecular weight is 416 g/mol. The molecule has 0 radical (unpaired) electrons. The van der Waals surface area contributed by atoms with E-state index in [0.717, 1.165) is 21.3 Å². The summed E-state index contributed by atoms with van der Waals surface area (Å²) in [6.07, 6.45) is 0.831. The highest BCUT2D eigenvalue weighted by Gasteiger charge is 2.28. The molecule has 0 saturated carbocycles. The lowest BCUT2D eigenvalue weighted by molar-refractivity contribution is -0.118. The number of hydrogen-bond donors (Lipinski definition) is 0. The van der Waals surface area contributed by atoms with Gasteiger partial charge in [0.25, 0.3) is 0 Å². The number of carbonyl (C=O) groups excluding carboxylic acids is 1. The van der Waals surface area contributed by atoms with Crippen LogP contribution in [0.1, 0.15) is 18.9 Å². The van der Waals surface area contributed by atoms with Crippen molar-refractivity contribution in [3.8, 4) is 6.07 Å². The molecule has 1 aliphatic rings. The van der Waals surface area contributed by atoms with Crippen LogP contribution in [0.25, 0.3) is 0 Å². The first-order valence-corrected chi connectivity index (χ1v) is 11.2. The van der Waals surface area contributed by atoms with Crippen LogP contribution in [0.2, 0.25) is 0 Å². The molecule has 1 heterocycles. The van der Waals surface area contributed by atoms with Gasteiger partial charge in [0, 0.05) is 23.7 Å². The fourth-order valence-corrected chi connectivity index (χ4v) is 5.22. The van der Waals surface area contributed by atoms with E-state index in [0.29, 0.717) is 17.4 Å². The molecule has 0 aromatic heterocycles. The fraction of sp³-hybridized carbons (Fsp3) is 0.300. The molecule has 0 bridgehead atoms. The van der Waals surface area contributed by atoms with Crippen molar-refractivity contribution in [2.45, 2.75) is 28.4 Å². The van der Waals surface area contributed by atoms with Crippen LogP contribution < -0.4 is 4.90 Å². The second-order valence-electron chi connectivity index (χ2n) is 6.63. The number of likely N-dealkylation sites (N-methyl/N-ethyl adjacent to an activating group) is 1. The van der Waals surface area contributed by atoms with Crippen molar-refractivity contribution in [3.63, 3.8) is 0 Å². The van der Waals surface area contributed by atoms with Crippen LogP contribution in [0.15, 0.2) is 58.3 Å². The Morgan fingerprint density at radius 1 is 1.25 bits per heavy atom. The molecule has 0 aliphatic carbocycles. The molecule has 2 aromatic carbocycles. The first kappa shape index (κ1) is 20.4. The van der Waals surface area contributed by atoms with E-state index in [1.807, 2.05) is 30.3 Å². The highest BCUT2D eigenvalue weighted by Crippen LogP contribution is 2.37. The van der Waals surface area contributed by atoms with Crippen molar-refractivity contribution < 1.29 is 13.2 Å². The minimum Gasteiger partial charge on any atom is -0.310 e. The molecular weight excluding hydrogens is 394 g/mol. The number of fused-ring (bicyclic) bond motifs is 1. The third kappa shape index (κ3) is 4.22. The maximum atomic E-state index is 13.0. The minimum absolute atomic E-state index is 0.0576. The van der Waals surface area contributed by atoms with Gasteiger partial charge >= 0.3 is 0 Å². The van der Waals surface area contributed by atoms with Gasteiger partial charge in [-0.1, -0.05) is 19.1 Å². The molecule has 0 fully saturated rings. The number of hydrogen-bond acceptors (Lipinski definition) is 5. The summed E-state index contributed by atoms with van der Waals surface area (Å²) in [4.78, 5) is 15.7. The highest BCUT2D eigenvalue weighted by molar-refractivity contribution is 8.00. The van der Waals surface area contributed by atoms with E-state index in [1.165, 1.54) is 31.3 Å². The number of thioether (sulfide) groups is 1. The van der Waals surface area contributed by atoms with Crippen LogP contribution >= 0.6 is 11.8 Å². The molecule has 8 heteroatoms. The van der Waals surface area contributed by atoms with E-state index < -0.39 is 10.0 Å². The summed E-state index contributed by atoms with van der Waals surface area (Å²) in [7, 11) is -2.43. The third-order valence-electron chi connectivity index (χ3n) is 4.59. The molecule has 1 unspecified atom stereocenters. The lowest BCUT2D eigenvalue weighted by atomic mass is 10.2. The van der Waals surface area contributed by atoms with Crippen molar-refractivity contribution in [3.05, 3.63) is 54.1 Å². The second kappa shape index (κ2) is 8.35. The van der Waals surface area contributed by atoms with Gasteiger partial charge in [-0.25, -0.2) is 8.42 Å². The van der Waals surface area contributed by atoms with Gasteiger partial charge in [-0.3, -0.25) is 4.79 Å². The lowest BCUT2D eigenvalue weighted by Gasteiger charge is -2.25. The predicted octanol–water partition coefficient (Wildman–Crippen LogP) is 3.10. The van der Waals surface area contributed by atoms with Crippen LogP contribution in [-0.4, -0.2) is 44.0 Å². The number of nitrogens with zero attached hydrogens (tertiary/aromatic N) is 3. The Morgan fingerprint density at radius 2 is 1.93 bits per heavy atom. The molecule has 0 N–H and O–H groups in total. The van der Waals surface area contributed by atoms with Gasteiger partial charge in [0.1, 0.15) is 0 Å². The van der Waals surface area contributed by atoms with Gasteiger partial charge in [0.05, 0.1) is 28.8 Å². The summed E-state index contributed by atoms with van der Waals surface area (Å²) in [6.45, 7) is 2.42. The van der Waals surface area contributed by atoms with Crippen LogP contribution in [-0.2, 0) is 14.8 Å². The number of nitriles is 1. The average Bonchev–Trinajstić information content (AvgIpc) is 2.86. The largest absolute Gasteiger partial charge is 0.310 e. The molecule has 3 rings (SSSR count). The van der Waals surface area contributed by atoms with Gasteiger partial charge in [0.2, 0.25) is 15.9 Å². The maximum absolute atomic E-state index is 13.0. The molecule has 6 nitrogen and oxygen atoms in total. The molecule has 0 saturated heterocycles. The van der Waals surface area contributed by atoms with Crippen LogP contribution in [0.4, 0.5) is 5.69 Å². The van der Waals surface area contributed by atoms with Crippen molar-refractivity contribution in [2.24, 2.45) is 0 Å². The van der Waals surface area contributed by atoms with Gasteiger partial charge in [-0.15, -0.1) is 11.8 Å². The Morgan fingerprint density at radius 3 is 2.61 bits per heavy atom.